The molecule has 1 fully saturated rings. The first-order valence-electron chi connectivity index (χ1n) is 7.89. The quantitative estimate of drug-likeness (QED) is 0.546. The Balaban J connectivity index is 1.67. The molecule has 0 saturated carbocycles. The highest BCUT2D eigenvalue weighted by molar-refractivity contribution is 9.09. The van der Waals surface area contributed by atoms with E-state index in [1.165, 1.54) is 69.7 Å². The number of rotatable bonds is 7. The molecule has 1 aromatic rings. The summed E-state index contributed by atoms with van der Waals surface area (Å²) in [5.41, 5.74) is 2.75. The Labute approximate surface area is 132 Å². The molecule has 1 aliphatic heterocycles. The van der Waals surface area contributed by atoms with Gasteiger partial charge in [0, 0.05) is 37.2 Å². The Morgan fingerprint density at radius 1 is 1.00 bits per heavy atom. The number of anilines is 1. The summed E-state index contributed by atoms with van der Waals surface area (Å²) in [6.07, 6.45) is 5.43. The second-order valence-electron chi connectivity index (χ2n) is 5.77. The maximum Gasteiger partial charge on any atom is 0.0369 e. The molecule has 0 radical (unpaired) electrons. The van der Waals surface area contributed by atoms with Gasteiger partial charge in [0.2, 0.25) is 0 Å². The number of hydrogen-bond acceptors (Lipinski definition) is 2. The van der Waals surface area contributed by atoms with Gasteiger partial charge in [-0.15, -0.1) is 0 Å². The lowest BCUT2D eigenvalue weighted by Gasteiger charge is -2.36. The van der Waals surface area contributed by atoms with Crippen LogP contribution in [0.5, 0.6) is 0 Å². The summed E-state index contributed by atoms with van der Waals surface area (Å²) in [7, 11) is 0. The first kappa shape index (κ1) is 15.8. The van der Waals surface area contributed by atoms with Gasteiger partial charge in [-0.1, -0.05) is 40.9 Å². The number of nitrogens with zero attached hydrogens (tertiary/aromatic N) is 2. The van der Waals surface area contributed by atoms with Crippen molar-refractivity contribution in [2.75, 3.05) is 43.0 Å². The molecule has 3 heteroatoms. The van der Waals surface area contributed by atoms with E-state index >= 15 is 0 Å². The van der Waals surface area contributed by atoms with Crippen molar-refractivity contribution < 1.29 is 0 Å². The van der Waals surface area contributed by atoms with Crippen LogP contribution in [0.1, 0.15) is 31.2 Å². The molecule has 0 unspecified atom stereocenters. The lowest BCUT2D eigenvalue weighted by atomic mass is 10.1. The first-order chi connectivity index (χ1) is 9.79. The van der Waals surface area contributed by atoms with Crippen molar-refractivity contribution in [3.05, 3.63) is 29.8 Å². The molecular weight excluding hydrogens is 312 g/mol. The largest absolute Gasteiger partial charge is 0.369 e. The standard InChI is InChI=1S/C17H27BrN2/c1-16-7-6-8-17(15-16)20-13-11-19(12-14-20)10-5-3-2-4-9-18/h6-8,15H,2-5,9-14H2,1H3. The summed E-state index contributed by atoms with van der Waals surface area (Å²) in [5, 5.41) is 1.15. The van der Waals surface area contributed by atoms with Crippen LogP contribution in [0.15, 0.2) is 24.3 Å². The molecule has 1 aliphatic rings. The van der Waals surface area contributed by atoms with Crippen LogP contribution in [-0.2, 0) is 0 Å². The van der Waals surface area contributed by atoms with Crippen LogP contribution in [0.25, 0.3) is 0 Å². The predicted octanol–water partition coefficient (Wildman–Crippen LogP) is 4.07. The third kappa shape index (κ3) is 5.10. The Morgan fingerprint density at radius 2 is 1.75 bits per heavy atom. The fraction of sp³-hybridized carbons (Fsp3) is 0.647. The van der Waals surface area contributed by atoms with Crippen LogP contribution >= 0.6 is 15.9 Å². The molecule has 20 heavy (non-hydrogen) atoms. The van der Waals surface area contributed by atoms with Gasteiger partial charge in [-0.2, -0.15) is 0 Å². The topological polar surface area (TPSA) is 6.48 Å². The summed E-state index contributed by atoms with van der Waals surface area (Å²) in [6.45, 7) is 8.23. The van der Waals surface area contributed by atoms with Gasteiger partial charge < -0.3 is 4.90 Å². The molecule has 0 aromatic heterocycles. The molecule has 2 nitrogen and oxygen atoms in total. The van der Waals surface area contributed by atoms with Gasteiger partial charge in [0.05, 0.1) is 0 Å². The second-order valence-corrected chi connectivity index (χ2v) is 6.56. The fourth-order valence-corrected chi connectivity index (χ4v) is 3.23. The van der Waals surface area contributed by atoms with Gasteiger partial charge in [0.1, 0.15) is 0 Å². The number of halogens is 1. The molecule has 0 spiro atoms. The van der Waals surface area contributed by atoms with Crippen LogP contribution in [-0.4, -0.2) is 43.0 Å². The van der Waals surface area contributed by atoms with Crippen molar-refractivity contribution in [2.24, 2.45) is 0 Å². The van der Waals surface area contributed by atoms with Crippen LogP contribution in [0.2, 0.25) is 0 Å². The Kier molecular flexibility index (Phi) is 6.88. The minimum absolute atomic E-state index is 1.15. The van der Waals surface area contributed by atoms with E-state index in [4.69, 9.17) is 0 Å². The highest BCUT2D eigenvalue weighted by Gasteiger charge is 2.16. The number of unbranched alkanes of at least 4 members (excludes halogenated alkanes) is 3. The third-order valence-electron chi connectivity index (χ3n) is 4.10. The van der Waals surface area contributed by atoms with Crippen molar-refractivity contribution in [3.8, 4) is 0 Å². The van der Waals surface area contributed by atoms with Crippen LogP contribution in [0.3, 0.4) is 0 Å². The average Bonchev–Trinajstić information content (AvgIpc) is 2.48. The van der Waals surface area contributed by atoms with E-state index in [0.717, 1.165) is 5.33 Å². The number of piperazine rings is 1. The molecule has 112 valence electrons. The van der Waals surface area contributed by atoms with Crippen LogP contribution in [0.4, 0.5) is 5.69 Å². The number of benzene rings is 1. The number of hydrogen-bond donors (Lipinski definition) is 0. The summed E-state index contributed by atoms with van der Waals surface area (Å²) in [5.74, 6) is 0. The molecule has 2 rings (SSSR count). The third-order valence-corrected chi connectivity index (χ3v) is 4.66. The maximum absolute atomic E-state index is 3.50. The Morgan fingerprint density at radius 3 is 2.45 bits per heavy atom. The summed E-state index contributed by atoms with van der Waals surface area (Å²) >= 11 is 3.50. The fourth-order valence-electron chi connectivity index (χ4n) is 2.84. The molecular formula is C17H27BrN2. The summed E-state index contributed by atoms with van der Waals surface area (Å²) in [6, 6.07) is 8.88. The van der Waals surface area contributed by atoms with Crippen molar-refractivity contribution in [2.45, 2.75) is 32.6 Å². The van der Waals surface area contributed by atoms with Gasteiger partial charge in [0.15, 0.2) is 0 Å². The molecule has 1 aromatic carbocycles. The van der Waals surface area contributed by atoms with E-state index in [1.807, 2.05) is 0 Å². The van der Waals surface area contributed by atoms with E-state index < -0.39 is 0 Å². The lowest BCUT2D eigenvalue weighted by molar-refractivity contribution is 0.252. The van der Waals surface area contributed by atoms with Gasteiger partial charge >= 0.3 is 0 Å². The molecule has 1 saturated heterocycles. The summed E-state index contributed by atoms with van der Waals surface area (Å²) < 4.78 is 0. The van der Waals surface area contributed by atoms with Gasteiger partial charge in [-0.3, -0.25) is 4.90 Å². The number of alkyl halides is 1. The minimum atomic E-state index is 1.15. The smallest absolute Gasteiger partial charge is 0.0369 e. The monoisotopic (exact) mass is 338 g/mol. The van der Waals surface area contributed by atoms with Gasteiger partial charge in [-0.25, -0.2) is 0 Å². The Bertz CT molecular complexity index is 386. The minimum Gasteiger partial charge on any atom is -0.369 e. The Hall–Kier alpha value is -0.540. The van der Waals surface area contributed by atoms with Crippen molar-refractivity contribution in [1.29, 1.82) is 0 Å². The highest BCUT2D eigenvalue weighted by atomic mass is 79.9. The van der Waals surface area contributed by atoms with Crippen LogP contribution in [0, 0.1) is 6.92 Å². The molecule has 0 amide bonds. The molecule has 0 bridgehead atoms. The summed E-state index contributed by atoms with van der Waals surface area (Å²) in [4.78, 5) is 5.15. The van der Waals surface area contributed by atoms with Gasteiger partial charge in [0.25, 0.3) is 0 Å². The second kappa shape index (κ2) is 8.68. The molecule has 0 atom stereocenters. The molecule has 1 heterocycles. The van der Waals surface area contributed by atoms with Gasteiger partial charge in [-0.05, 0) is 44.0 Å². The van der Waals surface area contributed by atoms with Crippen molar-refractivity contribution >= 4 is 21.6 Å². The van der Waals surface area contributed by atoms with E-state index in [0.29, 0.717) is 0 Å². The van der Waals surface area contributed by atoms with Crippen LogP contribution < -0.4 is 4.90 Å². The van der Waals surface area contributed by atoms with E-state index in [2.05, 4.69) is 56.9 Å². The van der Waals surface area contributed by atoms with E-state index in [-0.39, 0.29) is 0 Å². The number of aryl methyl sites for hydroxylation is 1. The zero-order chi connectivity index (χ0) is 14.2. The lowest BCUT2D eigenvalue weighted by Crippen LogP contribution is -2.46. The van der Waals surface area contributed by atoms with Crippen molar-refractivity contribution in [1.82, 2.24) is 4.90 Å². The predicted molar refractivity (Wildman–Crippen MR) is 92.1 cm³/mol. The highest BCUT2D eigenvalue weighted by Crippen LogP contribution is 2.18. The van der Waals surface area contributed by atoms with Crippen molar-refractivity contribution in [3.63, 3.8) is 0 Å². The SMILES string of the molecule is Cc1cccc(N2CCN(CCCCCCBr)CC2)c1. The zero-order valence-corrected chi connectivity index (χ0v) is 14.2. The van der Waals surface area contributed by atoms with E-state index in [9.17, 15) is 0 Å². The maximum atomic E-state index is 3.50. The molecule has 0 aliphatic carbocycles. The normalized spacial score (nSPS) is 16.6. The first-order valence-corrected chi connectivity index (χ1v) is 9.01. The van der Waals surface area contributed by atoms with E-state index in [1.54, 1.807) is 0 Å². The zero-order valence-electron chi connectivity index (χ0n) is 12.7. The molecule has 0 N–H and O–H groups in total. The average molecular weight is 339 g/mol.